The maximum Gasteiger partial charge on any atom is 0.395 e. The Morgan fingerprint density at radius 3 is 2.73 bits per heavy atom. The molecule has 0 saturated carbocycles. The van der Waals surface area contributed by atoms with Crippen molar-refractivity contribution < 1.29 is 14.4 Å². The minimum absolute atomic E-state index is 0.0468. The first-order valence-electron chi connectivity index (χ1n) is 7.37. The third-order valence-electron chi connectivity index (χ3n) is 3.57. The highest BCUT2D eigenvalue weighted by Crippen LogP contribution is 2.27. The predicted octanol–water partition coefficient (Wildman–Crippen LogP) is 3.78. The molecule has 0 saturated heterocycles. The van der Waals surface area contributed by atoms with E-state index in [1.54, 1.807) is 18.2 Å². The highest BCUT2D eigenvalue weighted by molar-refractivity contribution is 6.31. The molecule has 0 fully saturated rings. The number of rotatable bonds is 4. The zero-order chi connectivity index (χ0) is 18.8. The topological polar surface area (TPSA) is 122 Å². The maximum absolute atomic E-state index is 11.6. The second kappa shape index (κ2) is 6.85. The number of furan rings is 1. The van der Waals surface area contributed by atoms with Crippen molar-refractivity contribution in [2.75, 3.05) is 0 Å². The normalized spacial score (nSPS) is 11.2. The second-order valence-electron chi connectivity index (χ2n) is 5.38. The molecule has 0 bridgehead atoms. The monoisotopic (exact) mass is 373 g/mol. The third kappa shape index (κ3) is 3.50. The molecule has 2 aromatic heterocycles. The molecule has 0 aliphatic rings. The summed E-state index contributed by atoms with van der Waals surface area (Å²) in [5, 5.41) is 20.8. The van der Waals surface area contributed by atoms with Crippen LogP contribution in [0.15, 0.2) is 39.5 Å². The van der Waals surface area contributed by atoms with Gasteiger partial charge in [0.25, 0.3) is 5.88 Å². The van der Waals surface area contributed by atoms with E-state index in [0.29, 0.717) is 16.5 Å². The Morgan fingerprint density at radius 1 is 1.31 bits per heavy atom. The van der Waals surface area contributed by atoms with E-state index in [1.807, 2.05) is 19.1 Å². The molecule has 0 unspecified atom stereocenters. The molecule has 3 rings (SSSR count). The number of nitrogens with one attached hydrogen (secondary N) is 1. The van der Waals surface area contributed by atoms with Crippen molar-refractivity contribution in [2.24, 2.45) is 0 Å². The molecule has 2 N–H and O–H groups in total. The molecular formula is C17H12ClN3O5. The lowest BCUT2D eigenvalue weighted by Gasteiger charge is -2.00. The third-order valence-corrected chi connectivity index (χ3v) is 3.97. The van der Waals surface area contributed by atoms with Crippen LogP contribution in [0, 0.1) is 17.0 Å². The van der Waals surface area contributed by atoms with E-state index >= 15 is 0 Å². The number of aromatic nitrogens is 2. The van der Waals surface area contributed by atoms with Gasteiger partial charge >= 0.3 is 11.2 Å². The van der Waals surface area contributed by atoms with Gasteiger partial charge in [0, 0.05) is 10.6 Å². The summed E-state index contributed by atoms with van der Waals surface area (Å²) in [6, 6.07) is 8.99. The van der Waals surface area contributed by atoms with Crippen LogP contribution in [-0.4, -0.2) is 20.0 Å². The Hall–Kier alpha value is -3.39. The van der Waals surface area contributed by atoms with Crippen molar-refractivity contribution in [1.29, 1.82) is 0 Å². The highest BCUT2D eigenvalue weighted by atomic mass is 35.5. The van der Waals surface area contributed by atoms with Crippen LogP contribution in [0.5, 0.6) is 5.88 Å². The summed E-state index contributed by atoms with van der Waals surface area (Å²) in [6.07, 6.45) is 2.86. The van der Waals surface area contributed by atoms with Gasteiger partial charge in [-0.1, -0.05) is 23.7 Å². The fourth-order valence-corrected chi connectivity index (χ4v) is 2.40. The quantitative estimate of drug-likeness (QED) is 0.530. The number of nitrogens with zero attached hydrogens (tertiary/aromatic N) is 2. The number of halogens is 1. The van der Waals surface area contributed by atoms with Crippen molar-refractivity contribution in [3.05, 3.63) is 73.0 Å². The molecule has 26 heavy (non-hydrogen) atoms. The first-order valence-corrected chi connectivity index (χ1v) is 7.75. The van der Waals surface area contributed by atoms with Gasteiger partial charge in [0.2, 0.25) is 0 Å². The van der Waals surface area contributed by atoms with E-state index in [-0.39, 0.29) is 5.82 Å². The van der Waals surface area contributed by atoms with Crippen LogP contribution in [0.3, 0.4) is 0 Å². The van der Waals surface area contributed by atoms with Crippen molar-refractivity contribution in [1.82, 2.24) is 9.97 Å². The molecule has 132 valence electrons. The van der Waals surface area contributed by atoms with Crippen molar-refractivity contribution in [3.8, 4) is 17.2 Å². The van der Waals surface area contributed by atoms with Crippen molar-refractivity contribution in [2.45, 2.75) is 6.92 Å². The molecule has 3 aromatic rings. The Balaban J connectivity index is 1.86. The summed E-state index contributed by atoms with van der Waals surface area (Å²) >= 11 is 6.11. The summed E-state index contributed by atoms with van der Waals surface area (Å²) in [7, 11) is 0. The predicted molar refractivity (Wildman–Crippen MR) is 96.0 cm³/mol. The van der Waals surface area contributed by atoms with Crippen LogP contribution in [0.25, 0.3) is 23.5 Å². The molecule has 8 nitrogen and oxygen atoms in total. The lowest BCUT2D eigenvalue weighted by Crippen LogP contribution is -2.14. The summed E-state index contributed by atoms with van der Waals surface area (Å²) in [4.78, 5) is 27.0. The van der Waals surface area contributed by atoms with E-state index in [9.17, 15) is 20.0 Å². The zero-order valence-corrected chi connectivity index (χ0v) is 14.1. The summed E-state index contributed by atoms with van der Waals surface area (Å²) in [5.41, 5.74) is -0.287. The molecule has 0 aliphatic carbocycles. The number of hydrogen-bond acceptors (Lipinski definition) is 6. The van der Waals surface area contributed by atoms with Crippen LogP contribution >= 0.6 is 11.6 Å². The van der Waals surface area contributed by atoms with Gasteiger partial charge in [-0.3, -0.25) is 14.9 Å². The van der Waals surface area contributed by atoms with Gasteiger partial charge in [0.1, 0.15) is 17.3 Å². The molecule has 1 aromatic carbocycles. The number of nitro groups is 1. The van der Waals surface area contributed by atoms with Crippen LogP contribution in [0.1, 0.15) is 17.1 Å². The Kier molecular flexibility index (Phi) is 4.59. The summed E-state index contributed by atoms with van der Waals surface area (Å²) in [5.74, 6) is 0.0546. The minimum atomic E-state index is -1.04. The van der Waals surface area contributed by atoms with Crippen molar-refractivity contribution in [3.63, 3.8) is 0 Å². The highest BCUT2D eigenvalue weighted by Gasteiger charge is 2.21. The van der Waals surface area contributed by atoms with Gasteiger partial charge in [-0.25, -0.2) is 0 Å². The SMILES string of the molecule is Cc1ccc(-c2ccc(C=Cc3nc(O)c([N+](=O)[O-])c(=O)[nH]3)o2)cc1Cl. The van der Waals surface area contributed by atoms with Gasteiger partial charge in [0.15, 0.2) is 0 Å². The molecular weight excluding hydrogens is 362 g/mol. The average Bonchev–Trinajstić information content (AvgIpc) is 3.03. The molecule has 2 heterocycles. The standard InChI is InChI=1S/C17H12ClN3O5/c1-9-2-3-10(8-12(9)18)13-6-4-11(26-13)5-7-14-19-16(22)15(21(24)25)17(23)20-14/h2-8H,1H3,(H2,19,20,22,23). The number of hydrogen-bond donors (Lipinski definition) is 2. The van der Waals surface area contributed by atoms with E-state index in [0.717, 1.165) is 11.1 Å². The molecule has 0 spiro atoms. The number of aromatic amines is 1. The number of aromatic hydroxyl groups is 1. The molecule has 0 aliphatic heterocycles. The maximum atomic E-state index is 11.6. The second-order valence-corrected chi connectivity index (χ2v) is 5.79. The lowest BCUT2D eigenvalue weighted by atomic mass is 10.1. The van der Waals surface area contributed by atoms with E-state index in [2.05, 4.69) is 9.97 Å². The van der Waals surface area contributed by atoms with E-state index in [1.165, 1.54) is 12.2 Å². The van der Waals surface area contributed by atoms with Crippen LogP contribution in [-0.2, 0) is 0 Å². The molecule has 0 atom stereocenters. The molecule has 9 heteroatoms. The minimum Gasteiger partial charge on any atom is -0.488 e. The van der Waals surface area contributed by atoms with Crippen LogP contribution < -0.4 is 5.56 Å². The average molecular weight is 374 g/mol. The first-order chi connectivity index (χ1) is 12.3. The smallest absolute Gasteiger partial charge is 0.395 e. The van der Waals surface area contributed by atoms with Gasteiger partial charge < -0.3 is 14.5 Å². The largest absolute Gasteiger partial charge is 0.488 e. The van der Waals surface area contributed by atoms with Crippen LogP contribution in [0.2, 0.25) is 5.02 Å². The first kappa shape index (κ1) is 17.4. The van der Waals surface area contributed by atoms with Gasteiger partial charge in [0.05, 0.1) is 4.92 Å². The van der Waals surface area contributed by atoms with E-state index in [4.69, 9.17) is 16.0 Å². The molecule has 0 amide bonds. The Morgan fingerprint density at radius 2 is 2.08 bits per heavy atom. The fourth-order valence-electron chi connectivity index (χ4n) is 2.22. The lowest BCUT2D eigenvalue weighted by molar-refractivity contribution is -0.387. The number of H-pyrrole nitrogens is 1. The Bertz CT molecular complexity index is 1080. The number of benzene rings is 1. The van der Waals surface area contributed by atoms with Gasteiger partial charge in [-0.15, -0.1) is 0 Å². The van der Waals surface area contributed by atoms with Crippen molar-refractivity contribution >= 4 is 29.4 Å². The summed E-state index contributed by atoms with van der Waals surface area (Å²) in [6.45, 7) is 1.90. The Labute approximate surface area is 151 Å². The zero-order valence-electron chi connectivity index (χ0n) is 13.4. The number of aryl methyl sites for hydroxylation is 1. The fraction of sp³-hybridized carbons (Fsp3) is 0.0588. The summed E-state index contributed by atoms with van der Waals surface area (Å²) < 4.78 is 5.67. The van der Waals surface area contributed by atoms with Crippen LogP contribution in [0.4, 0.5) is 5.69 Å². The van der Waals surface area contributed by atoms with E-state index < -0.39 is 22.0 Å². The molecule has 0 radical (unpaired) electrons. The van der Waals surface area contributed by atoms with Gasteiger partial charge in [-0.05, 0) is 42.8 Å². The van der Waals surface area contributed by atoms with Gasteiger partial charge in [-0.2, -0.15) is 4.98 Å².